The Bertz CT molecular complexity index is 94.9. The molecule has 0 radical (unpaired) electrons. The zero-order valence-corrected chi connectivity index (χ0v) is 4.57. The molecule has 3 nitrogen and oxygen atoms in total. The van der Waals surface area contributed by atoms with Gasteiger partial charge in [0.15, 0.2) is 0 Å². The van der Waals surface area contributed by atoms with Gasteiger partial charge in [0.25, 0.3) is 0 Å². The van der Waals surface area contributed by atoms with Crippen LogP contribution in [-0.4, -0.2) is 21.3 Å². The lowest BCUT2D eigenvalue weighted by molar-refractivity contribution is 0.171. The second-order valence-corrected chi connectivity index (χ2v) is 2.81. The van der Waals surface area contributed by atoms with E-state index in [4.69, 9.17) is 5.11 Å². The molecule has 1 fully saturated rings. The number of rotatable bonds is 0. The summed E-state index contributed by atoms with van der Waals surface area (Å²) in [4.78, 5) is 0. The number of nitrogens with one attached hydrogen (secondary N) is 1. The van der Waals surface area contributed by atoms with Crippen LogP contribution in [0.5, 0.6) is 0 Å². The Morgan fingerprint density at radius 3 is 2.71 bits per heavy atom. The van der Waals surface area contributed by atoms with Crippen molar-refractivity contribution in [1.82, 2.24) is 4.72 Å². The second kappa shape index (κ2) is 1.90. The van der Waals surface area contributed by atoms with Crippen molar-refractivity contribution in [2.75, 3.05) is 5.75 Å². The zero-order valence-electron chi connectivity index (χ0n) is 3.76. The van der Waals surface area contributed by atoms with Crippen molar-refractivity contribution in [2.45, 2.75) is 12.6 Å². The fourth-order valence-corrected chi connectivity index (χ4v) is 1.46. The van der Waals surface area contributed by atoms with E-state index in [0.29, 0.717) is 12.2 Å². The van der Waals surface area contributed by atoms with Crippen LogP contribution in [0.25, 0.3) is 0 Å². The summed E-state index contributed by atoms with van der Waals surface area (Å²) in [5, 5.41) is 8.60. The third-order valence-corrected chi connectivity index (χ3v) is 1.99. The van der Waals surface area contributed by atoms with E-state index < -0.39 is 17.2 Å². The van der Waals surface area contributed by atoms with Gasteiger partial charge in [-0.05, 0) is 0 Å². The summed E-state index contributed by atoms with van der Waals surface area (Å²) >= 11 is 0. The largest absolute Gasteiger partial charge is 0.378 e. The normalized spacial score (nSPS) is 41.9. The predicted octanol–water partition coefficient (Wildman–Crippen LogP) is -1.04. The molecule has 0 aliphatic carbocycles. The van der Waals surface area contributed by atoms with Gasteiger partial charge in [0.05, 0.1) is 11.0 Å². The summed E-state index contributed by atoms with van der Waals surface area (Å²) in [7, 11) is -0.953. The molecule has 2 atom stereocenters. The maximum absolute atomic E-state index is 10.3. The van der Waals surface area contributed by atoms with Crippen molar-refractivity contribution >= 4 is 11.0 Å². The summed E-state index contributed by atoms with van der Waals surface area (Å²) < 4.78 is 12.7. The van der Waals surface area contributed by atoms with Crippen LogP contribution in [0.4, 0.5) is 0 Å². The molecular formula is C3H7NO2S. The molecule has 1 rings (SSSR count). The first-order valence-corrected chi connectivity index (χ1v) is 3.43. The van der Waals surface area contributed by atoms with Gasteiger partial charge in [-0.15, -0.1) is 0 Å². The van der Waals surface area contributed by atoms with Gasteiger partial charge in [-0.25, -0.2) is 8.93 Å². The molecule has 1 heterocycles. The molecule has 1 saturated heterocycles. The monoisotopic (exact) mass is 121 g/mol. The van der Waals surface area contributed by atoms with Crippen LogP contribution in [0.1, 0.15) is 6.42 Å². The van der Waals surface area contributed by atoms with Gasteiger partial charge in [0, 0.05) is 12.2 Å². The molecule has 1 aliphatic heterocycles. The standard InChI is InChI=1S/C3H7NO2S/c5-3-1-2-7(6)4-3/h3-5H,1-2H2. The molecule has 0 amide bonds. The minimum absolute atomic E-state index is 0.527. The second-order valence-electron chi connectivity index (χ2n) is 1.47. The third-order valence-electron chi connectivity index (χ3n) is 0.844. The first kappa shape index (κ1) is 5.21. The fraction of sp³-hybridized carbons (Fsp3) is 1.00. The van der Waals surface area contributed by atoms with Crippen LogP contribution < -0.4 is 4.72 Å². The maximum atomic E-state index is 10.3. The van der Waals surface area contributed by atoms with Gasteiger partial charge in [0.2, 0.25) is 0 Å². The fourth-order valence-electron chi connectivity index (χ4n) is 0.488. The first-order chi connectivity index (χ1) is 3.29. The van der Waals surface area contributed by atoms with Gasteiger partial charge in [-0.3, -0.25) is 0 Å². The van der Waals surface area contributed by atoms with Gasteiger partial charge in [0.1, 0.15) is 6.23 Å². The minimum atomic E-state index is -0.953. The van der Waals surface area contributed by atoms with Crippen molar-refractivity contribution in [3.05, 3.63) is 0 Å². The molecule has 7 heavy (non-hydrogen) atoms. The summed E-state index contributed by atoms with van der Waals surface area (Å²) in [6.45, 7) is 0. The summed E-state index contributed by atoms with van der Waals surface area (Å²) in [5.74, 6) is 0.584. The van der Waals surface area contributed by atoms with Gasteiger partial charge >= 0.3 is 0 Å². The van der Waals surface area contributed by atoms with Gasteiger partial charge < -0.3 is 5.11 Å². The average molecular weight is 121 g/mol. The van der Waals surface area contributed by atoms with Crippen LogP contribution in [0.3, 0.4) is 0 Å². The molecule has 0 bridgehead atoms. The van der Waals surface area contributed by atoms with E-state index >= 15 is 0 Å². The molecule has 0 saturated carbocycles. The van der Waals surface area contributed by atoms with Crippen LogP contribution in [0.15, 0.2) is 0 Å². The number of aliphatic hydroxyl groups is 1. The van der Waals surface area contributed by atoms with Gasteiger partial charge in [-0.1, -0.05) is 0 Å². The quantitative estimate of drug-likeness (QED) is 0.430. The van der Waals surface area contributed by atoms with E-state index in [1.807, 2.05) is 0 Å². The third kappa shape index (κ3) is 1.22. The summed E-state index contributed by atoms with van der Waals surface area (Å²) in [5.41, 5.74) is 0. The SMILES string of the molecule is O=S1CCC(O)N1. The topological polar surface area (TPSA) is 49.3 Å². The van der Waals surface area contributed by atoms with Crippen molar-refractivity contribution in [3.63, 3.8) is 0 Å². The maximum Gasteiger partial charge on any atom is 0.116 e. The van der Waals surface area contributed by atoms with Crippen molar-refractivity contribution < 1.29 is 9.32 Å². The van der Waals surface area contributed by atoms with Crippen LogP contribution in [0.2, 0.25) is 0 Å². The van der Waals surface area contributed by atoms with Crippen LogP contribution in [0, 0.1) is 0 Å². The van der Waals surface area contributed by atoms with Crippen molar-refractivity contribution in [1.29, 1.82) is 0 Å². The lowest BCUT2D eigenvalue weighted by Gasteiger charge is -1.93. The minimum Gasteiger partial charge on any atom is -0.378 e. The van der Waals surface area contributed by atoms with E-state index in [2.05, 4.69) is 4.72 Å². The Morgan fingerprint density at radius 1 is 1.86 bits per heavy atom. The Balaban J connectivity index is 2.40. The van der Waals surface area contributed by atoms with Crippen molar-refractivity contribution in [2.24, 2.45) is 0 Å². The zero-order chi connectivity index (χ0) is 5.28. The van der Waals surface area contributed by atoms with Crippen LogP contribution in [-0.2, 0) is 11.0 Å². The van der Waals surface area contributed by atoms with Crippen molar-refractivity contribution in [3.8, 4) is 0 Å². The molecule has 0 aromatic carbocycles. The Kier molecular flexibility index (Phi) is 1.41. The molecule has 0 spiro atoms. The number of hydrogen-bond acceptors (Lipinski definition) is 2. The number of aliphatic hydroxyl groups excluding tert-OH is 1. The summed E-state index contributed by atoms with van der Waals surface area (Å²) in [6, 6.07) is 0. The Labute approximate surface area is 44.3 Å². The van der Waals surface area contributed by atoms with Crippen LogP contribution >= 0.6 is 0 Å². The van der Waals surface area contributed by atoms with E-state index in [1.54, 1.807) is 0 Å². The molecular weight excluding hydrogens is 114 g/mol. The van der Waals surface area contributed by atoms with E-state index in [1.165, 1.54) is 0 Å². The highest BCUT2D eigenvalue weighted by molar-refractivity contribution is 7.83. The predicted molar refractivity (Wildman–Crippen MR) is 26.8 cm³/mol. The molecule has 2 unspecified atom stereocenters. The van der Waals surface area contributed by atoms with E-state index in [9.17, 15) is 4.21 Å². The number of hydrogen-bond donors (Lipinski definition) is 2. The van der Waals surface area contributed by atoms with E-state index in [-0.39, 0.29) is 0 Å². The molecule has 4 heteroatoms. The molecule has 2 N–H and O–H groups in total. The average Bonchev–Trinajstić information content (AvgIpc) is 1.87. The van der Waals surface area contributed by atoms with Gasteiger partial charge in [-0.2, -0.15) is 0 Å². The molecule has 0 aromatic heterocycles. The highest BCUT2D eigenvalue weighted by Gasteiger charge is 2.15. The highest BCUT2D eigenvalue weighted by Crippen LogP contribution is 1.98. The highest BCUT2D eigenvalue weighted by atomic mass is 32.2. The molecule has 0 aromatic rings. The molecule has 1 aliphatic rings. The lowest BCUT2D eigenvalue weighted by atomic mass is 10.5. The smallest absolute Gasteiger partial charge is 0.116 e. The first-order valence-electron chi connectivity index (χ1n) is 2.11. The Hall–Kier alpha value is 0.0700. The lowest BCUT2D eigenvalue weighted by Crippen LogP contribution is -2.20. The van der Waals surface area contributed by atoms with E-state index in [0.717, 1.165) is 0 Å². The molecule has 42 valence electrons. The Morgan fingerprint density at radius 2 is 2.57 bits per heavy atom. The summed E-state index contributed by atoms with van der Waals surface area (Å²) in [6.07, 6.45) is 0.0907.